The van der Waals surface area contributed by atoms with Crippen LogP contribution in [0.1, 0.15) is 97.8 Å². The Balaban J connectivity index is 1.17. The number of ether oxygens (including phenoxy) is 1. The second-order valence-corrected chi connectivity index (χ2v) is 12.8. The molecule has 1 saturated heterocycles. The van der Waals surface area contributed by atoms with Crippen molar-refractivity contribution in [3.8, 4) is 0 Å². The van der Waals surface area contributed by atoms with Crippen molar-refractivity contribution in [2.24, 2.45) is 29.1 Å². The zero-order chi connectivity index (χ0) is 24.3. The summed E-state index contributed by atoms with van der Waals surface area (Å²) in [5.41, 5.74) is 0.434. The summed E-state index contributed by atoms with van der Waals surface area (Å²) in [6.07, 6.45) is 11.6. The van der Waals surface area contributed by atoms with Gasteiger partial charge in [0.1, 0.15) is 12.2 Å². The van der Waals surface area contributed by atoms with Crippen LogP contribution < -0.4 is 10.6 Å². The van der Waals surface area contributed by atoms with Gasteiger partial charge in [0.2, 0.25) is 5.91 Å². The Kier molecular flexibility index (Phi) is 8.98. The lowest BCUT2D eigenvalue weighted by Crippen LogP contribution is -2.64. The highest BCUT2D eigenvalue weighted by Gasteiger charge is 2.51. The van der Waals surface area contributed by atoms with Crippen molar-refractivity contribution in [2.45, 2.75) is 128 Å². The summed E-state index contributed by atoms with van der Waals surface area (Å²) < 4.78 is 6.10. The smallest absolute Gasteiger partial charge is 0.220 e. The molecule has 1 amide bonds. The van der Waals surface area contributed by atoms with E-state index in [4.69, 9.17) is 4.74 Å². The molecule has 196 valence electrons. The van der Waals surface area contributed by atoms with Crippen LogP contribution in [0.3, 0.4) is 0 Å². The van der Waals surface area contributed by atoms with E-state index in [1.807, 2.05) is 6.92 Å². The molecule has 0 spiro atoms. The number of aliphatic hydroxyl groups is 2. The van der Waals surface area contributed by atoms with Crippen LogP contribution in [0, 0.1) is 29.1 Å². The highest BCUT2D eigenvalue weighted by Crippen LogP contribution is 2.59. The highest BCUT2D eigenvalue weighted by atomic mass is 16.5. The van der Waals surface area contributed by atoms with E-state index in [1.165, 1.54) is 51.4 Å². The van der Waals surface area contributed by atoms with Crippen LogP contribution in [0.2, 0.25) is 0 Å². The van der Waals surface area contributed by atoms with Gasteiger partial charge >= 0.3 is 0 Å². The minimum Gasteiger partial charge on any atom is -0.388 e. The van der Waals surface area contributed by atoms with Crippen LogP contribution in [0.25, 0.3) is 0 Å². The van der Waals surface area contributed by atoms with Crippen molar-refractivity contribution in [1.29, 1.82) is 0 Å². The Morgan fingerprint density at radius 1 is 0.971 bits per heavy atom. The maximum Gasteiger partial charge on any atom is 0.220 e. The maximum absolute atomic E-state index is 12.4. The van der Waals surface area contributed by atoms with Gasteiger partial charge < -0.3 is 25.6 Å². The summed E-state index contributed by atoms with van der Waals surface area (Å²) in [6, 6.07) is -0.567. The third kappa shape index (κ3) is 6.54. The van der Waals surface area contributed by atoms with Crippen LogP contribution in [0.15, 0.2) is 0 Å². The number of aliphatic hydroxyl groups excluding tert-OH is 2. The molecular weight excluding hydrogens is 428 g/mol. The Hall–Kier alpha value is -0.690. The van der Waals surface area contributed by atoms with E-state index in [9.17, 15) is 15.0 Å². The summed E-state index contributed by atoms with van der Waals surface area (Å²) in [4.78, 5) is 12.4. The van der Waals surface area contributed by atoms with Gasteiger partial charge in [-0.3, -0.25) is 4.79 Å². The summed E-state index contributed by atoms with van der Waals surface area (Å²) in [7, 11) is 0. The Labute approximate surface area is 207 Å². The molecule has 6 heteroatoms. The van der Waals surface area contributed by atoms with E-state index in [1.54, 1.807) is 0 Å². The molecule has 0 aromatic rings. The standard InChI is InChI=1S/C28H50N2O4/c1-18(2)8-6-4-5-7-9-24(31)30-25-19(3)34-23(26(32)27(25)33)16-29-17-28-13-20-10-21(14-28)12-22(11-20)15-28/h18-23,25-27,29,32-33H,4-17H2,1-3H3,(H,30,31)/t19-,20?,21?,22?,23?,25?,26+,27+,28?/m0/s1. The van der Waals surface area contributed by atoms with Crippen LogP contribution in [0.4, 0.5) is 0 Å². The van der Waals surface area contributed by atoms with Crippen LogP contribution in [-0.2, 0) is 9.53 Å². The largest absolute Gasteiger partial charge is 0.388 e. The number of hydrogen-bond acceptors (Lipinski definition) is 5. The van der Waals surface area contributed by atoms with Gasteiger partial charge in [0.05, 0.1) is 18.2 Å². The average Bonchev–Trinajstić information content (AvgIpc) is 2.76. The molecule has 5 atom stereocenters. The molecule has 6 nitrogen and oxygen atoms in total. The van der Waals surface area contributed by atoms with Crippen molar-refractivity contribution in [2.75, 3.05) is 13.1 Å². The van der Waals surface area contributed by atoms with Crippen molar-refractivity contribution >= 4 is 5.91 Å². The SMILES string of the molecule is CC(C)CCCCCCC(=O)NC1[C@H](C)OC(CNCC23CC4CC(CC(C4)C2)C3)[C@@H](O)[C@@H]1O. The molecule has 4 N–H and O–H groups in total. The molecule has 5 rings (SSSR count). The van der Waals surface area contributed by atoms with Crippen molar-refractivity contribution < 1.29 is 19.7 Å². The van der Waals surface area contributed by atoms with Crippen molar-refractivity contribution in [1.82, 2.24) is 10.6 Å². The normalized spacial score (nSPS) is 41.2. The lowest BCUT2D eigenvalue weighted by Gasteiger charge is -2.57. The van der Waals surface area contributed by atoms with Gasteiger partial charge in [0, 0.05) is 19.5 Å². The summed E-state index contributed by atoms with van der Waals surface area (Å²) in [5.74, 6) is 3.46. The third-order valence-corrected chi connectivity index (χ3v) is 9.27. The van der Waals surface area contributed by atoms with Gasteiger partial charge in [-0.2, -0.15) is 0 Å². The summed E-state index contributed by atoms with van der Waals surface area (Å²) >= 11 is 0. The van der Waals surface area contributed by atoms with Gasteiger partial charge in [-0.05, 0) is 81.0 Å². The molecule has 1 aliphatic heterocycles. The van der Waals surface area contributed by atoms with E-state index in [0.717, 1.165) is 49.5 Å². The maximum atomic E-state index is 12.4. The molecule has 4 aliphatic carbocycles. The number of unbranched alkanes of at least 4 members (excludes halogenated alkanes) is 3. The minimum atomic E-state index is -1.01. The molecule has 0 aromatic carbocycles. The van der Waals surface area contributed by atoms with Crippen LogP contribution in [0.5, 0.6) is 0 Å². The van der Waals surface area contributed by atoms with E-state index in [0.29, 0.717) is 18.4 Å². The first-order valence-electron chi connectivity index (χ1n) is 14.3. The molecular formula is C28H50N2O4. The van der Waals surface area contributed by atoms with Gasteiger partial charge in [0.25, 0.3) is 0 Å². The van der Waals surface area contributed by atoms with E-state index in [2.05, 4.69) is 24.5 Å². The summed E-state index contributed by atoms with van der Waals surface area (Å²) in [5, 5.41) is 28.1. The zero-order valence-electron chi connectivity index (χ0n) is 21.8. The lowest BCUT2D eigenvalue weighted by molar-refractivity contribution is -0.180. The van der Waals surface area contributed by atoms with Gasteiger partial charge in [-0.25, -0.2) is 0 Å². The monoisotopic (exact) mass is 478 g/mol. The second kappa shape index (κ2) is 11.6. The van der Waals surface area contributed by atoms with Gasteiger partial charge in [0.15, 0.2) is 0 Å². The first kappa shape index (κ1) is 26.4. The van der Waals surface area contributed by atoms with E-state index < -0.39 is 24.4 Å². The first-order chi connectivity index (χ1) is 16.2. The van der Waals surface area contributed by atoms with E-state index >= 15 is 0 Å². The number of carbonyl (C=O) groups excluding carboxylic acids is 1. The Bertz CT molecular complexity index is 634. The number of rotatable bonds is 12. The molecule has 0 aromatic heterocycles. The molecule has 2 unspecified atom stereocenters. The minimum absolute atomic E-state index is 0.0612. The number of nitrogens with one attached hydrogen (secondary N) is 2. The number of hydrogen-bond donors (Lipinski definition) is 4. The molecule has 5 fully saturated rings. The fourth-order valence-corrected chi connectivity index (χ4v) is 7.96. The average molecular weight is 479 g/mol. The molecule has 4 saturated carbocycles. The first-order valence-corrected chi connectivity index (χ1v) is 14.3. The predicted octanol–water partition coefficient (Wildman–Crippen LogP) is 3.78. The Morgan fingerprint density at radius 2 is 1.59 bits per heavy atom. The lowest BCUT2D eigenvalue weighted by atomic mass is 9.49. The van der Waals surface area contributed by atoms with Gasteiger partial charge in [-0.15, -0.1) is 0 Å². The number of carbonyl (C=O) groups is 1. The van der Waals surface area contributed by atoms with Crippen LogP contribution in [-0.4, -0.2) is 59.7 Å². The molecule has 0 radical (unpaired) electrons. The topological polar surface area (TPSA) is 90.8 Å². The Morgan fingerprint density at radius 3 is 2.21 bits per heavy atom. The molecule has 34 heavy (non-hydrogen) atoms. The molecule has 5 aliphatic rings. The molecule has 4 bridgehead atoms. The fraction of sp³-hybridized carbons (Fsp3) is 0.964. The molecule has 1 heterocycles. The van der Waals surface area contributed by atoms with Crippen LogP contribution >= 0.6 is 0 Å². The van der Waals surface area contributed by atoms with Crippen molar-refractivity contribution in [3.05, 3.63) is 0 Å². The van der Waals surface area contributed by atoms with Gasteiger partial charge in [-0.1, -0.05) is 39.5 Å². The highest BCUT2D eigenvalue weighted by molar-refractivity contribution is 5.76. The quantitative estimate of drug-likeness (QED) is 0.321. The predicted molar refractivity (Wildman–Crippen MR) is 134 cm³/mol. The zero-order valence-corrected chi connectivity index (χ0v) is 21.8. The fourth-order valence-electron chi connectivity index (χ4n) is 7.96. The van der Waals surface area contributed by atoms with Crippen molar-refractivity contribution in [3.63, 3.8) is 0 Å². The number of amides is 1. The third-order valence-electron chi connectivity index (χ3n) is 9.27. The second-order valence-electron chi connectivity index (χ2n) is 12.8. The van der Waals surface area contributed by atoms with E-state index in [-0.39, 0.29) is 12.0 Å². The summed E-state index contributed by atoms with van der Waals surface area (Å²) in [6.45, 7) is 7.90.